The topological polar surface area (TPSA) is 45.2 Å². The second kappa shape index (κ2) is 9.30. The number of hydrogen-bond acceptors (Lipinski definition) is 5. The van der Waals surface area contributed by atoms with Gasteiger partial charge >= 0.3 is 0 Å². The van der Waals surface area contributed by atoms with Gasteiger partial charge in [0.25, 0.3) is 0 Å². The quantitative estimate of drug-likeness (QED) is 0.398. The molecule has 1 amide bonds. The smallest absolute Gasteiger partial charge is 0.230 e. The van der Waals surface area contributed by atoms with Gasteiger partial charge in [0.05, 0.1) is 26.7 Å². The Morgan fingerprint density at radius 3 is 2.52 bits per heavy atom. The first-order valence-electron chi connectivity index (χ1n) is 10.3. The number of amides is 1. The van der Waals surface area contributed by atoms with E-state index >= 15 is 0 Å². The molecular weight excluding hydrogens is 422 g/mol. The van der Waals surface area contributed by atoms with Gasteiger partial charge in [0, 0.05) is 13.0 Å². The molecule has 0 radical (unpaired) electrons. The summed E-state index contributed by atoms with van der Waals surface area (Å²) in [6, 6.07) is 20.4. The van der Waals surface area contributed by atoms with Crippen molar-refractivity contribution in [2.45, 2.75) is 24.8 Å². The van der Waals surface area contributed by atoms with E-state index in [0.29, 0.717) is 13.0 Å². The number of benzene rings is 2. The van der Waals surface area contributed by atoms with Crippen molar-refractivity contribution in [3.8, 4) is 0 Å². The van der Waals surface area contributed by atoms with Gasteiger partial charge in [-0.2, -0.15) is 11.3 Å². The maximum atomic E-state index is 13.6. The van der Waals surface area contributed by atoms with E-state index in [-0.39, 0.29) is 11.9 Å². The van der Waals surface area contributed by atoms with Gasteiger partial charge in [-0.25, -0.2) is 4.98 Å². The van der Waals surface area contributed by atoms with Crippen molar-refractivity contribution < 1.29 is 4.79 Å². The first-order chi connectivity index (χ1) is 15.0. The van der Waals surface area contributed by atoms with E-state index in [0.717, 1.165) is 20.8 Å². The van der Waals surface area contributed by atoms with Gasteiger partial charge in [-0.1, -0.05) is 42.5 Å². The van der Waals surface area contributed by atoms with Crippen LogP contribution >= 0.6 is 22.7 Å². The summed E-state index contributed by atoms with van der Waals surface area (Å²) in [6.45, 7) is 2.59. The summed E-state index contributed by atoms with van der Waals surface area (Å²) < 4.78 is 1.15. The van der Waals surface area contributed by atoms with Crippen molar-refractivity contribution in [2.75, 3.05) is 20.6 Å². The molecular formula is C25H27N3OS2. The third-order valence-electron chi connectivity index (χ3n) is 5.76. The van der Waals surface area contributed by atoms with Crippen LogP contribution in [0.5, 0.6) is 0 Å². The SMILES string of the molecule is CN(C)C(CNC(=O)C(C)(Cc1nc2ccccc2s1)c1ccccc1)c1ccsc1. The molecule has 6 heteroatoms. The Bertz CT molecular complexity index is 1110. The summed E-state index contributed by atoms with van der Waals surface area (Å²) in [4.78, 5) is 20.6. The van der Waals surface area contributed by atoms with Crippen molar-refractivity contribution in [1.82, 2.24) is 15.2 Å². The molecule has 4 rings (SSSR count). The zero-order valence-corrected chi connectivity index (χ0v) is 19.7. The number of likely N-dealkylation sites (N-methyl/N-ethyl adjacent to an activating group) is 1. The Balaban J connectivity index is 1.60. The minimum absolute atomic E-state index is 0.0278. The van der Waals surface area contributed by atoms with Crippen LogP contribution in [-0.4, -0.2) is 36.4 Å². The van der Waals surface area contributed by atoms with E-state index in [4.69, 9.17) is 4.98 Å². The Hall–Kier alpha value is -2.54. The molecule has 2 unspecified atom stereocenters. The van der Waals surface area contributed by atoms with Crippen LogP contribution < -0.4 is 5.32 Å². The molecule has 0 aliphatic heterocycles. The number of carbonyl (C=O) groups is 1. The van der Waals surface area contributed by atoms with Crippen molar-refractivity contribution in [2.24, 2.45) is 0 Å². The van der Waals surface area contributed by atoms with Crippen LogP contribution in [-0.2, 0) is 16.6 Å². The number of nitrogens with one attached hydrogen (secondary N) is 1. The van der Waals surface area contributed by atoms with Crippen LogP contribution in [0.2, 0.25) is 0 Å². The van der Waals surface area contributed by atoms with Crippen LogP contribution in [0.25, 0.3) is 10.2 Å². The molecule has 2 aromatic carbocycles. The van der Waals surface area contributed by atoms with Crippen LogP contribution in [0, 0.1) is 0 Å². The fourth-order valence-electron chi connectivity index (χ4n) is 3.87. The third kappa shape index (κ3) is 4.71. The second-order valence-electron chi connectivity index (χ2n) is 8.20. The molecule has 0 saturated carbocycles. The summed E-state index contributed by atoms with van der Waals surface area (Å²) in [5.41, 5.74) is 2.51. The Morgan fingerprint density at radius 1 is 1.10 bits per heavy atom. The zero-order valence-electron chi connectivity index (χ0n) is 18.0. The highest BCUT2D eigenvalue weighted by molar-refractivity contribution is 7.18. The monoisotopic (exact) mass is 449 g/mol. The number of thiazole rings is 1. The molecule has 0 bridgehead atoms. The van der Waals surface area contributed by atoms with E-state index in [1.807, 2.05) is 69.6 Å². The maximum Gasteiger partial charge on any atom is 0.230 e. The van der Waals surface area contributed by atoms with Gasteiger partial charge < -0.3 is 10.2 Å². The third-order valence-corrected chi connectivity index (χ3v) is 7.50. The lowest BCUT2D eigenvalue weighted by Crippen LogP contribution is -2.46. The lowest BCUT2D eigenvalue weighted by atomic mass is 9.78. The zero-order chi connectivity index (χ0) is 21.8. The van der Waals surface area contributed by atoms with E-state index in [1.165, 1.54) is 5.56 Å². The number of nitrogens with zero attached hydrogens (tertiary/aromatic N) is 2. The Morgan fingerprint density at radius 2 is 1.84 bits per heavy atom. The molecule has 2 atom stereocenters. The van der Waals surface area contributed by atoms with Crippen LogP contribution in [0.15, 0.2) is 71.4 Å². The van der Waals surface area contributed by atoms with Gasteiger partial charge in [-0.15, -0.1) is 11.3 Å². The van der Waals surface area contributed by atoms with Crippen molar-refractivity contribution in [3.63, 3.8) is 0 Å². The standard InChI is InChI=1S/C25H27N3OS2/c1-25(19-9-5-4-6-10-19,15-23-27-20-11-7-8-12-22(20)31-23)24(29)26-16-21(28(2)3)18-13-14-30-17-18/h4-14,17,21H,15-16H2,1-3H3,(H,26,29). The minimum Gasteiger partial charge on any atom is -0.353 e. The average molecular weight is 450 g/mol. The van der Waals surface area contributed by atoms with Gasteiger partial charge in [0.2, 0.25) is 5.91 Å². The predicted molar refractivity (Wildman–Crippen MR) is 131 cm³/mol. The number of aromatic nitrogens is 1. The molecule has 1 N–H and O–H groups in total. The molecule has 2 heterocycles. The molecule has 4 aromatic rings. The van der Waals surface area contributed by atoms with Crippen LogP contribution in [0.4, 0.5) is 0 Å². The van der Waals surface area contributed by atoms with E-state index in [1.54, 1.807) is 22.7 Å². The van der Waals surface area contributed by atoms with E-state index in [2.05, 4.69) is 33.1 Å². The fourth-order valence-corrected chi connectivity index (χ4v) is 5.70. The highest BCUT2D eigenvalue weighted by Crippen LogP contribution is 2.32. The molecule has 0 aliphatic carbocycles. The van der Waals surface area contributed by atoms with Gasteiger partial charge in [-0.05, 0) is 61.1 Å². The minimum atomic E-state index is -0.708. The molecule has 31 heavy (non-hydrogen) atoms. The Kier molecular flexibility index (Phi) is 6.51. The Labute approximate surface area is 191 Å². The lowest BCUT2D eigenvalue weighted by molar-refractivity contribution is -0.126. The largest absolute Gasteiger partial charge is 0.353 e. The highest BCUT2D eigenvalue weighted by atomic mass is 32.1. The normalized spacial score (nSPS) is 14.5. The van der Waals surface area contributed by atoms with Gasteiger partial charge in [-0.3, -0.25) is 4.79 Å². The highest BCUT2D eigenvalue weighted by Gasteiger charge is 2.37. The van der Waals surface area contributed by atoms with Crippen molar-refractivity contribution in [1.29, 1.82) is 0 Å². The van der Waals surface area contributed by atoms with Crippen LogP contribution in [0.3, 0.4) is 0 Å². The number of carbonyl (C=O) groups excluding carboxylic acids is 1. The molecule has 2 aromatic heterocycles. The summed E-state index contributed by atoms with van der Waals surface area (Å²) in [5, 5.41) is 8.45. The number of rotatable bonds is 8. The fraction of sp³-hybridized carbons (Fsp3) is 0.280. The molecule has 4 nitrogen and oxygen atoms in total. The summed E-state index contributed by atoms with van der Waals surface area (Å²) in [6.07, 6.45) is 0.563. The molecule has 0 aliphatic rings. The average Bonchev–Trinajstić information content (AvgIpc) is 3.43. The van der Waals surface area contributed by atoms with Crippen molar-refractivity contribution >= 4 is 38.8 Å². The number of para-hydroxylation sites is 1. The summed E-state index contributed by atoms with van der Waals surface area (Å²) >= 11 is 3.35. The van der Waals surface area contributed by atoms with Crippen molar-refractivity contribution in [3.05, 3.63) is 87.6 Å². The van der Waals surface area contributed by atoms with E-state index in [9.17, 15) is 4.79 Å². The number of thiophene rings is 1. The summed E-state index contributed by atoms with van der Waals surface area (Å²) in [7, 11) is 4.10. The summed E-state index contributed by atoms with van der Waals surface area (Å²) in [5.74, 6) is 0.0278. The van der Waals surface area contributed by atoms with Gasteiger partial charge in [0.1, 0.15) is 0 Å². The first-order valence-corrected chi connectivity index (χ1v) is 12.1. The maximum absolute atomic E-state index is 13.6. The second-order valence-corrected chi connectivity index (χ2v) is 10.1. The van der Waals surface area contributed by atoms with E-state index < -0.39 is 5.41 Å². The van der Waals surface area contributed by atoms with Gasteiger partial charge in [0.15, 0.2) is 0 Å². The first kappa shape index (κ1) is 21.7. The number of fused-ring (bicyclic) bond motifs is 1. The molecule has 0 spiro atoms. The van der Waals surface area contributed by atoms with Crippen LogP contribution in [0.1, 0.15) is 29.1 Å². The number of hydrogen-bond donors (Lipinski definition) is 1. The predicted octanol–water partition coefficient (Wildman–Crippen LogP) is 5.28. The molecule has 160 valence electrons. The molecule has 0 fully saturated rings. The lowest BCUT2D eigenvalue weighted by Gasteiger charge is -2.30. The molecule has 0 saturated heterocycles.